The van der Waals surface area contributed by atoms with E-state index in [0.29, 0.717) is 23.4 Å². The Bertz CT molecular complexity index is 665. The molecule has 2 aromatic rings. The van der Waals surface area contributed by atoms with E-state index in [1.807, 2.05) is 26.0 Å². The van der Waals surface area contributed by atoms with Gasteiger partial charge < -0.3 is 14.8 Å². The van der Waals surface area contributed by atoms with Crippen LogP contribution in [-0.2, 0) is 16.1 Å². The minimum atomic E-state index is -0.365. The number of aryl methyl sites for hydroxylation is 2. The number of carbonyl (C=O) groups excluding carboxylic acids is 1. The van der Waals surface area contributed by atoms with Gasteiger partial charge in [0.25, 0.3) is 0 Å². The summed E-state index contributed by atoms with van der Waals surface area (Å²) in [6.45, 7) is 6.59. The number of esters is 1. The number of nitrogens with one attached hydrogen (secondary N) is 1. The number of thiazole rings is 1. The van der Waals surface area contributed by atoms with Gasteiger partial charge in [0.05, 0.1) is 13.2 Å². The van der Waals surface area contributed by atoms with Gasteiger partial charge in [-0.2, -0.15) is 0 Å². The predicted octanol–water partition coefficient (Wildman–Crippen LogP) is 3.97. The lowest BCUT2D eigenvalue weighted by Crippen LogP contribution is -2.15. The number of halogens is 1. The van der Waals surface area contributed by atoms with Crippen molar-refractivity contribution in [2.75, 3.05) is 18.5 Å². The van der Waals surface area contributed by atoms with Crippen molar-refractivity contribution >= 4 is 34.6 Å². The van der Waals surface area contributed by atoms with Gasteiger partial charge in [0, 0.05) is 16.8 Å². The van der Waals surface area contributed by atoms with Crippen LogP contribution in [0.1, 0.15) is 22.9 Å². The molecular formula is C16H19ClN2O3S. The maximum absolute atomic E-state index is 11.4. The van der Waals surface area contributed by atoms with Crippen LogP contribution in [0.4, 0.5) is 5.69 Å². The second-order valence-electron chi connectivity index (χ2n) is 4.97. The molecule has 7 heteroatoms. The van der Waals surface area contributed by atoms with Gasteiger partial charge >= 0.3 is 5.97 Å². The molecule has 1 aromatic carbocycles. The van der Waals surface area contributed by atoms with Crippen LogP contribution in [0.15, 0.2) is 18.3 Å². The Labute approximate surface area is 144 Å². The lowest BCUT2D eigenvalue weighted by Gasteiger charge is -2.14. The maximum atomic E-state index is 11.4. The third-order valence-corrected chi connectivity index (χ3v) is 4.21. The van der Waals surface area contributed by atoms with Gasteiger partial charge in [0.2, 0.25) is 0 Å². The molecule has 0 bridgehead atoms. The number of anilines is 1. The monoisotopic (exact) mass is 354 g/mol. The second-order valence-corrected chi connectivity index (χ2v) is 6.66. The Morgan fingerprint density at radius 3 is 2.61 bits per heavy atom. The minimum absolute atomic E-state index is 0.0817. The summed E-state index contributed by atoms with van der Waals surface area (Å²) in [4.78, 5) is 16.5. The van der Waals surface area contributed by atoms with Gasteiger partial charge in [-0.3, -0.25) is 0 Å². The van der Waals surface area contributed by atoms with E-state index in [4.69, 9.17) is 21.1 Å². The van der Waals surface area contributed by atoms with E-state index >= 15 is 0 Å². The first-order valence-corrected chi connectivity index (χ1v) is 8.42. The molecule has 0 saturated carbocycles. The lowest BCUT2D eigenvalue weighted by atomic mass is 10.1. The zero-order valence-corrected chi connectivity index (χ0v) is 14.9. The van der Waals surface area contributed by atoms with Gasteiger partial charge in [-0.05, 0) is 44.0 Å². The van der Waals surface area contributed by atoms with E-state index in [-0.39, 0.29) is 12.6 Å². The molecule has 23 heavy (non-hydrogen) atoms. The number of hydrogen-bond acceptors (Lipinski definition) is 6. The molecule has 124 valence electrons. The third-order valence-electron chi connectivity index (χ3n) is 3.09. The maximum Gasteiger partial charge on any atom is 0.344 e. The Balaban J connectivity index is 2.00. The fourth-order valence-corrected chi connectivity index (χ4v) is 3.09. The molecule has 0 amide bonds. The number of aromatic nitrogens is 1. The molecule has 0 spiro atoms. The normalized spacial score (nSPS) is 10.4. The van der Waals surface area contributed by atoms with Crippen LogP contribution in [0.5, 0.6) is 5.75 Å². The SMILES string of the molecule is CCOC(=O)COc1c(C)cc(NCc2cnc(Cl)s2)cc1C. The van der Waals surface area contributed by atoms with Crippen LogP contribution in [0.2, 0.25) is 4.47 Å². The average Bonchev–Trinajstić information content (AvgIpc) is 2.90. The van der Waals surface area contributed by atoms with Crippen LogP contribution in [-0.4, -0.2) is 24.2 Å². The highest BCUT2D eigenvalue weighted by Crippen LogP contribution is 2.28. The topological polar surface area (TPSA) is 60.5 Å². The largest absolute Gasteiger partial charge is 0.481 e. The van der Waals surface area contributed by atoms with Crippen LogP contribution < -0.4 is 10.1 Å². The Morgan fingerprint density at radius 1 is 1.35 bits per heavy atom. The first-order valence-electron chi connectivity index (χ1n) is 7.23. The lowest BCUT2D eigenvalue weighted by molar-refractivity contribution is -0.145. The van der Waals surface area contributed by atoms with Crippen molar-refractivity contribution in [1.82, 2.24) is 4.98 Å². The van der Waals surface area contributed by atoms with Crippen molar-refractivity contribution in [3.05, 3.63) is 38.8 Å². The highest BCUT2D eigenvalue weighted by molar-refractivity contribution is 7.15. The number of ether oxygens (including phenoxy) is 2. The zero-order valence-electron chi connectivity index (χ0n) is 13.3. The van der Waals surface area contributed by atoms with Crippen molar-refractivity contribution in [2.24, 2.45) is 0 Å². The number of nitrogens with zero attached hydrogens (tertiary/aromatic N) is 1. The third kappa shape index (κ3) is 5.11. The Kier molecular flexibility index (Phi) is 6.24. The Morgan fingerprint density at radius 2 is 2.04 bits per heavy atom. The molecule has 5 nitrogen and oxygen atoms in total. The highest BCUT2D eigenvalue weighted by atomic mass is 35.5. The number of benzene rings is 1. The van der Waals surface area contributed by atoms with E-state index in [1.54, 1.807) is 13.1 Å². The van der Waals surface area contributed by atoms with Crippen molar-refractivity contribution in [2.45, 2.75) is 27.3 Å². The van der Waals surface area contributed by atoms with Gasteiger partial charge in [-0.1, -0.05) is 11.6 Å². The average molecular weight is 355 g/mol. The fourth-order valence-electron chi connectivity index (χ4n) is 2.17. The minimum Gasteiger partial charge on any atom is -0.481 e. The van der Waals surface area contributed by atoms with Gasteiger partial charge in [-0.25, -0.2) is 9.78 Å². The highest BCUT2D eigenvalue weighted by Gasteiger charge is 2.10. The van der Waals surface area contributed by atoms with E-state index in [9.17, 15) is 4.79 Å². The van der Waals surface area contributed by atoms with Crippen LogP contribution in [0, 0.1) is 13.8 Å². The quantitative estimate of drug-likeness (QED) is 0.762. The summed E-state index contributed by atoms with van der Waals surface area (Å²) < 4.78 is 11.0. The van der Waals surface area contributed by atoms with E-state index in [0.717, 1.165) is 21.7 Å². The van der Waals surface area contributed by atoms with Gasteiger partial charge in [0.1, 0.15) is 5.75 Å². The molecule has 1 heterocycles. The molecule has 0 aliphatic rings. The summed E-state index contributed by atoms with van der Waals surface area (Å²) in [6, 6.07) is 3.96. The first kappa shape index (κ1) is 17.6. The van der Waals surface area contributed by atoms with Crippen molar-refractivity contribution in [3.8, 4) is 5.75 Å². The summed E-state index contributed by atoms with van der Waals surface area (Å²) in [6.07, 6.45) is 1.76. The van der Waals surface area contributed by atoms with E-state index < -0.39 is 0 Å². The molecule has 1 N–H and O–H groups in total. The van der Waals surface area contributed by atoms with Crippen molar-refractivity contribution in [1.29, 1.82) is 0 Å². The molecule has 1 aromatic heterocycles. The van der Waals surface area contributed by atoms with Crippen LogP contribution in [0.3, 0.4) is 0 Å². The summed E-state index contributed by atoms with van der Waals surface area (Å²) >= 11 is 7.27. The second kappa shape index (κ2) is 8.17. The summed E-state index contributed by atoms with van der Waals surface area (Å²) in [5, 5.41) is 3.33. The fraction of sp³-hybridized carbons (Fsp3) is 0.375. The smallest absolute Gasteiger partial charge is 0.344 e. The molecule has 0 radical (unpaired) electrons. The molecule has 0 fully saturated rings. The first-order chi connectivity index (χ1) is 11.0. The Hall–Kier alpha value is -1.79. The molecule has 0 aliphatic carbocycles. The van der Waals surface area contributed by atoms with Crippen molar-refractivity contribution in [3.63, 3.8) is 0 Å². The molecule has 0 saturated heterocycles. The van der Waals surface area contributed by atoms with Crippen LogP contribution in [0.25, 0.3) is 0 Å². The van der Waals surface area contributed by atoms with Crippen LogP contribution >= 0.6 is 22.9 Å². The van der Waals surface area contributed by atoms with E-state index in [2.05, 4.69) is 10.3 Å². The van der Waals surface area contributed by atoms with Gasteiger partial charge in [0.15, 0.2) is 11.1 Å². The summed E-state index contributed by atoms with van der Waals surface area (Å²) in [5.74, 6) is 0.347. The molecule has 0 unspecified atom stereocenters. The zero-order chi connectivity index (χ0) is 16.8. The van der Waals surface area contributed by atoms with Gasteiger partial charge in [-0.15, -0.1) is 11.3 Å². The molecule has 0 atom stereocenters. The number of hydrogen-bond donors (Lipinski definition) is 1. The molecule has 0 aliphatic heterocycles. The molecule has 2 rings (SSSR count). The molecular weight excluding hydrogens is 336 g/mol. The van der Waals surface area contributed by atoms with Crippen molar-refractivity contribution < 1.29 is 14.3 Å². The summed E-state index contributed by atoms with van der Waals surface area (Å²) in [5.41, 5.74) is 2.89. The summed E-state index contributed by atoms with van der Waals surface area (Å²) in [7, 11) is 0. The number of rotatable bonds is 7. The standard InChI is InChI=1S/C16H19ClN2O3S/c1-4-21-14(20)9-22-15-10(2)5-12(6-11(15)3)18-7-13-8-19-16(17)23-13/h5-6,8,18H,4,7,9H2,1-3H3. The predicted molar refractivity (Wildman–Crippen MR) is 92.5 cm³/mol. The van der Waals surface area contributed by atoms with E-state index in [1.165, 1.54) is 11.3 Å². The number of carbonyl (C=O) groups is 1.